The highest BCUT2D eigenvalue weighted by Crippen LogP contribution is 2.17. The maximum atomic E-state index is 13.1. The number of hydrogen-bond donors (Lipinski definition) is 1. The number of sulfonamides is 1. The van der Waals surface area contributed by atoms with Crippen LogP contribution in [0.5, 0.6) is 0 Å². The number of carbonyl (C=O) groups excluding carboxylic acids is 1. The first kappa shape index (κ1) is 27.1. The third-order valence-electron chi connectivity index (χ3n) is 5.99. The van der Waals surface area contributed by atoms with Crippen LogP contribution in [0.25, 0.3) is 0 Å². The van der Waals surface area contributed by atoms with E-state index in [4.69, 9.17) is 0 Å². The lowest BCUT2D eigenvalue weighted by Gasteiger charge is -2.35. The van der Waals surface area contributed by atoms with Gasteiger partial charge in [-0.25, -0.2) is 38.4 Å². The van der Waals surface area contributed by atoms with E-state index in [0.717, 1.165) is 0 Å². The van der Waals surface area contributed by atoms with Crippen LogP contribution >= 0.6 is 0 Å². The van der Waals surface area contributed by atoms with Crippen molar-refractivity contribution in [3.8, 4) is 11.8 Å². The highest BCUT2D eigenvalue weighted by molar-refractivity contribution is 7.89. The number of pyridine rings is 1. The fourth-order valence-electron chi connectivity index (χ4n) is 3.97. The Morgan fingerprint density at radius 3 is 2.34 bits per heavy atom. The lowest BCUT2D eigenvalue weighted by atomic mass is 10.1. The number of aromatic nitrogens is 5. The molecular weight excluding hydrogens is 508 g/mol. The fraction of sp³-hybridized carbons (Fsp3) is 0.360. The molecule has 3 aromatic rings. The molecule has 4 heterocycles. The second-order valence-electron chi connectivity index (χ2n) is 8.60. The van der Waals surface area contributed by atoms with Crippen molar-refractivity contribution in [2.24, 2.45) is 0 Å². The van der Waals surface area contributed by atoms with Crippen LogP contribution in [0.15, 0.2) is 55.2 Å². The summed E-state index contributed by atoms with van der Waals surface area (Å²) in [5.41, 5.74) is 1.30. The Balaban J connectivity index is 1.30. The predicted molar refractivity (Wildman–Crippen MR) is 138 cm³/mol. The quantitative estimate of drug-likeness (QED) is 0.170. The SMILES string of the molecule is O=CN(O)[C@@H](CCCc1ncccn1)CS(=O)(=O)N1CCN(c2ncc(C#Cc3ccccn3)cn2)CC1. The number of amides is 1. The molecule has 1 N–H and O–H groups in total. The lowest BCUT2D eigenvalue weighted by Crippen LogP contribution is -2.51. The minimum Gasteiger partial charge on any atom is -0.338 e. The molecule has 1 aliphatic rings. The number of aryl methyl sites for hydroxylation is 1. The summed E-state index contributed by atoms with van der Waals surface area (Å²) in [6.07, 6.45) is 9.74. The van der Waals surface area contributed by atoms with E-state index >= 15 is 0 Å². The number of nitrogens with zero attached hydrogens (tertiary/aromatic N) is 8. The Bertz CT molecular complexity index is 1340. The van der Waals surface area contributed by atoms with Gasteiger partial charge in [-0.15, -0.1) is 0 Å². The van der Waals surface area contributed by atoms with Gasteiger partial charge in [0.15, 0.2) is 0 Å². The van der Waals surface area contributed by atoms with Gasteiger partial charge in [0.1, 0.15) is 11.5 Å². The Morgan fingerprint density at radius 2 is 1.68 bits per heavy atom. The molecular formula is C25H28N8O4S. The van der Waals surface area contributed by atoms with Crippen LogP contribution < -0.4 is 4.90 Å². The molecule has 198 valence electrons. The summed E-state index contributed by atoms with van der Waals surface area (Å²) in [7, 11) is -3.73. The first-order valence-electron chi connectivity index (χ1n) is 12.1. The minimum absolute atomic E-state index is 0.235. The van der Waals surface area contributed by atoms with E-state index in [1.165, 1.54) is 4.31 Å². The summed E-state index contributed by atoms with van der Waals surface area (Å²) >= 11 is 0. The zero-order valence-corrected chi connectivity index (χ0v) is 21.5. The number of carbonyl (C=O) groups is 1. The highest BCUT2D eigenvalue weighted by Gasteiger charge is 2.32. The van der Waals surface area contributed by atoms with E-state index in [-0.39, 0.29) is 31.7 Å². The van der Waals surface area contributed by atoms with Gasteiger partial charge in [0.2, 0.25) is 22.4 Å². The van der Waals surface area contributed by atoms with Crippen molar-refractivity contribution >= 4 is 22.4 Å². The molecule has 3 aromatic heterocycles. The molecule has 0 unspecified atom stereocenters. The molecule has 1 fully saturated rings. The average Bonchev–Trinajstić information content (AvgIpc) is 2.96. The fourth-order valence-corrected chi connectivity index (χ4v) is 5.71. The van der Waals surface area contributed by atoms with Crippen LogP contribution in [-0.2, 0) is 21.2 Å². The van der Waals surface area contributed by atoms with Gasteiger partial charge in [0.05, 0.1) is 17.4 Å². The van der Waals surface area contributed by atoms with Gasteiger partial charge >= 0.3 is 0 Å². The van der Waals surface area contributed by atoms with E-state index in [1.807, 2.05) is 23.1 Å². The monoisotopic (exact) mass is 536 g/mol. The zero-order chi connectivity index (χ0) is 26.8. The highest BCUT2D eigenvalue weighted by atomic mass is 32.2. The number of rotatable bonds is 10. The maximum absolute atomic E-state index is 13.1. The molecule has 1 saturated heterocycles. The third kappa shape index (κ3) is 7.51. The van der Waals surface area contributed by atoms with Crippen LogP contribution in [0.2, 0.25) is 0 Å². The largest absolute Gasteiger partial charge is 0.338 e. The first-order chi connectivity index (χ1) is 18.4. The van der Waals surface area contributed by atoms with Gasteiger partial charge in [-0.2, -0.15) is 4.31 Å². The Hall–Kier alpha value is -3.99. The second-order valence-corrected chi connectivity index (χ2v) is 10.6. The molecule has 1 aliphatic heterocycles. The Morgan fingerprint density at radius 1 is 0.974 bits per heavy atom. The van der Waals surface area contributed by atoms with Crippen molar-refractivity contribution in [2.75, 3.05) is 36.8 Å². The van der Waals surface area contributed by atoms with Crippen molar-refractivity contribution in [3.63, 3.8) is 0 Å². The predicted octanol–water partition coefficient (Wildman–Crippen LogP) is 0.752. The summed E-state index contributed by atoms with van der Waals surface area (Å²) < 4.78 is 27.6. The Kier molecular flexibility index (Phi) is 9.26. The molecule has 13 heteroatoms. The minimum atomic E-state index is -3.73. The van der Waals surface area contributed by atoms with Crippen molar-refractivity contribution in [3.05, 3.63) is 72.3 Å². The van der Waals surface area contributed by atoms with Gasteiger partial charge in [-0.3, -0.25) is 10.0 Å². The molecule has 1 atom stereocenters. The lowest BCUT2D eigenvalue weighted by molar-refractivity contribution is -0.158. The van der Waals surface area contributed by atoms with E-state index in [9.17, 15) is 18.4 Å². The Labute approximate surface area is 221 Å². The normalized spacial score (nSPS) is 14.8. The molecule has 1 amide bonds. The van der Waals surface area contributed by atoms with Crippen molar-refractivity contribution in [2.45, 2.75) is 25.3 Å². The van der Waals surface area contributed by atoms with E-state index in [0.29, 0.717) is 54.0 Å². The van der Waals surface area contributed by atoms with Crippen molar-refractivity contribution < 1.29 is 18.4 Å². The summed E-state index contributed by atoms with van der Waals surface area (Å²) in [5, 5.41) is 10.4. The molecule has 0 aliphatic carbocycles. The number of hydroxylamine groups is 2. The van der Waals surface area contributed by atoms with Gasteiger partial charge in [-0.05, 0) is 37.0 Å². The maximum Gasteiger partial charge on any atom is 0.233 e. The van der Waals surface area contributed by atoms with Crippen molar-refractivity contribution in [1.82, 2.24) is 34.3 Å². The molecule has 4 rings (SSSR count). The van der Waals surface area contributed by atoms with Gasteiger partial charge in [0.25, 0.3) is 0 Å². The van der Waals surface area contributed by atoms with Gasteiger partial charge in [0, 0.05) is 63.6 Å². The molecule has 38 heavy (non-hydrogen) atoms. The number of anilines is 1. The van der Waals surface area contributed by atoms with Crippen LogP contribution in [-0.4, -0.2) is 92.3 Å². The first-order valence-corrected chi connectivity index (χ1v) is 13.7. The molecule has 0 radical (unpaired) electrons. The number of piperazine rings is 1. The van der Waals surface area contributed by atoms with Gasteiger partial charge in [-0.1, -0.05) is 12.0 Å². The second kappa shape index (κ2) is 13.0. The summed E-state index contributed by atoms with van der Waals surface area (Å²) in [6, 6.07) is 6.33. The summed E-state index contributed by atoms with van der Waals surface area (Å²) in [4.78, 5) is 34.3. The molecule has 0 spiro atoms. The molecule has 0 saturated carbocycles. The molecule has 0 bridgehead atoms. The average molecular weight is 537 g/mol. The van der Waals surface area contributed by atoms with Crippen molar-refractivity contribution in [1.29, 1.82) is 0 Å². The van der Waals surface area contributed by atoms with E-state index in [2.05, 4.69) is 36.8 Å². The standard InChI is InChI=1S/C25H28N8O4S/c34-20-33(35)23(6-3-7-24-27-11-4-12-28-24)19-38(36,37)32-15-13-31(14-16-32)25-29-17-21(18-30-25)8-9-22-5-1-2-10-26-22/h1-2,4-5,10-12,17-18,20,23,35H,3,6-7,13-16,19H2/t23-/m0/s1. The van der Waals surface area contributed by atoms with E-state index < -0.39 is 16.1 Å². The topological polar surface area (TPSA) is 146 Å². The van der Waals surface area contributed by atoms with Gasteiger partial charge < -0.3 is 4.90 Å². The van der Waals surface area contributed by atoms with E-state index in [1.54, 1.807) is 37.1 Å². The van der Waals surface area contributed by atoms with Crippen LogP contribution in [0.4, 0.5) is 5.95 Å². The number of hydrogen-bond acceptors (Lipinski definition) is 10. The summed E-state index contributed by atoms with van der Waals surface area (Å²) in [6.45, 7) is 1.30. The summed E-state index contributed by atoms with van der Waals surface area (Å²) in [5.74, 6) is 6.67. The molecule has 0 aromatic carbocycles. The van der Waals surface area contributed by atoms with Crippen LogP contribution in [0, 0.1) is 11.8 Å². The van der Waals surface area contributed by atoms with Crippen LogP contribution in [0.3, 0.4) is 0 Å². The smallest absolute Gasteiger partial charge is 0.233 e. The zero-order valence-electron chi connectivity index (χ0n) is 20.7. The molecule has 12 nitrogen and oxygen atoms in total. The van der Waals surface area contributed by atoms with Crippen LogP contribution in [0.1, 0.15) is 29.9 Å². The third-order valence-corrected chi connectivity index (χ3v) is 7.95.